The molecule has 1 fully saturated rings. The molecule has 1 aliphatic rings. The maximum Gasteiger partial charge on any atom is 0.243 e. The van der Waals surface area contributed by atoms with Crippen LogP contribution >= 0.6 is 0 Å². The molecule has 2 rings (SSSR count). The Morgan fingerprint density at radius 2 is 1.71 bits per heavy atom. The third-order valence-corrected chi connectivity index (χ3v) is 5.67. The van der Waals surface area contributed by atoms with Crippen LogP contribution in [-0.4, -0.2) is 45.1 Å². The summed E-state index contributed by atoms with van der Waals surface area (Å²) in [5.41, 5.74) is 1.51. The second-order valence-electron chi connectivity index (χ2n) is 5.67. The van der Waals surface area contributed by atoms with Crippen LogP contribution in [0.15, 0.2) is 17.0 Å². The van der Waals surface area contributed by atoms with Crippen LogP contribution in [0.1, 0.15) is 25.0 Å². The van der Waals surface area contributed by atoms with Crippen molar-refractivity contribution >= 4 is 10.0 Å². The van der Waals surface area contributed by atoms with Gasteiger partial charge in [0.2, 0.25) is 10.0 Å². The first-order valence-electron chi connectivity index (χ1n) is 7.06. The molecule has 1 aliphatic heterocycles. The zero-order valence-electron chi connectivity index (χ0n) is 13.2. The van der Waals surface area contributed by atoms with E-state index in [1.165, 1.54) is 4.31 Å². The molecule has 1 aromatic rings. The van der Waals surface area contributed by atoms with Crippen LogP contribution in [0.2, 0.25) is 0 Å². The van der Waals surface area contributed by atoms with Gasteiger partial charge in [0.25, 0.3) is 0 Å². The standard InChI is InChI=1S/C15H23NO4S/c1-10-7-15(11(2)6-14(10)19-5)21(17,18)16-8-12(3)20-13(4)9-16/h6-7,12-13H,8-9H2,1-5H3/t12-,13-/m0/s1. The van der Waals surface area contributed by atoms with Gasteiger partial charge in [-0.1, -0.05) is 0 Å². The number of hydrogen-bond acceptors (Lipinski definition) is 4. The van der Waals surface area contributed by atoms with Gasteiger partial charge in [0.05, 0.1) is 24.2 Å². The van der Waals surface area contributed by atoms with Gasteiger partial charge in [-0.25, -0.2) is 8.42 Å². The summed E-state index contributed by atoms with van der Waals surface area (Å²) in [7, 11) is -1.92. The summed E-state index contributed by atoms with van der Waals surface area (Å²) >= 11 is 0. The van der Waals surface area contributed by atoms with Gasteiger partial charge >= 0.3 is 0 Å². The predicted molar refractivity (Wildman–Crippen MR) is 81.2 cm³/mol. The fourth-order valence-corrected chi connectivity index (χ4v) is 4.61. The van der Waals surface area contributed by atoms with Gasteiger partial charge in [-0.2, -0.15) is 4.31 Å². The minimum absolute atomic E-state index is 0.0943. The average molecular weight is 313 g/mol. The van der Waals surface area contributed by atoms with Crippen molar-refractivity contribution in [1.82, 2.24) is 4.31 Å². The minimum atomic E-state index is -3.51. The fraction of sp³-hybridized carbons (Fsp3) is 0.600. The molecule has 0 amide bonds. The molecule has 0 spiro atoms. The van der Waals surface area contributed by atoms with Crippen molar-refractivity contribution in [3.8, 4) is 5.75 Å². The Bertz CT molecular complexity index is 617. The Morgan fingerprint density at radius 1 is 1.14 bits per heavy atom. The summed E-state index contributed by atoms with van der Waals surface area (Å²) < 4.78 is 38.1. The van der Waals surface area contributed by atoms with E-state index in [9.17, 15) is 8.42 Å². The van der Waals surface area contributed by atoms with Crippen molar-refractivity contribution in [1.29, 1.82) is 0 Å². The molecule has 0 radical (unpaired) electrons. The van der Waals surface area contributed by atoms with E-state index in [4.69, 9.17) is 9.47 Å². The topological polar surface area (TPSA) is 55.8 Å². The normalized spacial score (nSPS) is 24.0. The van der Waals surface area contributed by atoms with Gasteiger partial charge in [0.15, 0.2) is 0 Å². The third-order valence-electron chi connectivity index (χ3n) is 3.70. The van der Waals surface area contributed by atoms with E-state index in [1.54, 1.807) is 26.2 Å². The lowest BCUT2D eigenvalue weighted by Crippen LogP contribution is -2.48. The van der Waals surface area contributed by atoms with Crippen molar-refractivity contribution < 1.29 is 17.9 Å². The van der Waals surface area contributed by atoms with Gasteiger partial charge in [-0.15, -0.1) is 0 Å². The summed E-state index contributed by atoms with van der Waals surface area (Å²) in [6.45, 7) is 8.20. The monoisotopic (exact) mass is 313 g/mol. The zero-order chi connectivity index (χ0) is 15.8. The zero-order valence-corrected chi connectivity index (χ0v) is 14.0. The molecule has 0 unspecified atom stereocenters. The lowest BCUT2D eigenvalue weighted by molar-refractivity contribution is -0.0440. The number of morpholine rings is 1. The molecule has 1 aromatic carbocycles. The first kappa shape index (κ1) is 16.3. The van der Waals surface area contributed by atoms with E-state index in [2.05, 4.69) is 0 Å². The van der Waals surface area contributed by atoms with Gasteiger partial charge in [-0.05, 0) is 51.0 Å². The van der Waals surface area contributed by atoms with E-state index in [0.29, 0.717) is 29.3 Å². The molecule has 0 saturated carbocycles. The number of hydrogen-bond donors (Lipinski definition) is 0. The molecule has 1 saturated heterocycles. The van der Waals surface area contributed by atoms with E-state index in [-0.39, 0.29) is 12.2 Å². The van der Waals surface area contributed by atoms with Gasteiger partial charge in [0, 0.05) is 13.1 Å². The van der Waals surface area contributed by atoms with Crippen molar-refractivity contribution in [2.75, 3.05) is 20.2 Å². The predicted octanol–water partition coefficient (Wildman–Crippen LogP) is 2.11. The maximum atomic E-state index is 12.9. The Morgan fingerprint density at radius 3 is 2.24 bits per heavy atom. The third kappa shape index (κ3) is 3.22. The number of nitrogens with zero attached hydrogens (tertiary/aromatic N) is 1. The second-order valence-corrected chi connectivity index (χ2v) is 7.57. The number of rotatable bonds is 3. The van der Waals surface area contributed by atoms with Gasteiger partial charge < -0.3 is 9.47 Å². The van der Waals surface area contributed by atoms with Crippen LogP contribution in [0.4, 0.5) is 0 Å². The van der Waals surface area contributed by atoms with E-state index >= 15 is 0 Å². The highest BCUT2D eigenvalue weighted by Gasteiger charge is 2.33. The quantitative estimate of drug-likeness (QED) is 0.857. The molecule has 0 aliphatic carbocycles. The molecule has 0 N–H and O–H groups in total. The highest BCUT2D eigenvalue weighted by Crippen LogP contribution is 2.29. The molecule has 0 bridgehead atoms. The minimum Gasteiger partial charge on any atom is -0.496 e. The summed E-state index contributed by atoms with van der Waals surface area (Å²) in [6, 6.07) is 3.46. The summed E-state index contributed by atoms with van der Waals surface area (Å²) in [4.78, 5) is 0.349. The molecule has 0 aromatic heterocycles. The SMILES string of the molecule is COc1cc(C)c(S(=O)(=O)N2C[C@H](C)O[C@@H](C)C2)cc1C. The molecule has 21 heavy (non-hydrogen) atoms. The van der Waals surface area contributed by atoms with Gasteiger partial charge in [-0.3, -0.25) is 0 Å². The summed E-state index contributed by atoms with van der Waals surface area (Å²) in [5, 5.41) is 0. The van der Waals surface area contributed by atoms with Crippen molar-refractivity contribution in [3.63, 3.8) is 0 Å². The fourth-order valence-electron chi connectivity index (χ4n) is 2.73. The second kappa shape index (κ2) is 5.94. The number of sulfonamides is 1. The van der Waals surface area contributed by atoms with Crippen molar-refractivity contribution in [3.05, 3.63) is 23.3 Å². The number of aryl methyl sites for hydroxylation is 2. The molecule has 118 valence electrons. The smallest absolute Gasteiger partial charge is 0.243 e. The van der Waals surface area contributed by atoms with Crippen LogP contribution in [0.3, 0.4) is 0 Å². The Labute approximate surface area is 126 Å². The average Bonchev–Trinajstić information content (AvgIpc) is 2.39. The van der Waals surface area contributed by atoms with Crippen LogP contribution in [0, 0.1) is 13.8 Å². The Hall–Kier alpha value is -1.11. The highest BCUT2D eigenvalue weighted by molar-refractivity contribution is 7.89. The molecule has 1 heterocycles. The highest BCUT2D eigenvalue weighted by atomic mass is 32.2. The summed E-state index contributed by atoms with van der Waals surface area (Å²) in [6.07, 6.45) is -0.189. The lowest BCUT2D eigenvalue weighted by Gasteiger charge is -2.34. The number of benzene rings is 1. The first-order chi connectivity index (χ1) is 9.75. The number of ether oxygens (including phenoxy) is 2. The van der Waals surface area contributed by atoms with Crippen molar-refractivity contribution in [2.24, 2.45) is 0 Å². The van der Waals surface area contributed by atoms with Crippen LogP contribution in [0.5, 0.6) is 5.75 Å². The number of methoxy groups -OCH3 is 1. The van der Waals surface area contributed by atoms with Crippen LogP contribution in [0.25, 0.3) is 0 Å². The lowest BCUT2D eigenvalue weighted by atomic mass is 10.1. The van der Waals surface area contributed by atoms with E-state index in [0.717, 1.165) is 5.56 Å². The maximum absolute atomic E-state index is 12.9. The van der Waals surface area contributed by atoms with Crippen LogP contribution < -0.4 is 4.74 Å². The molecule has 6 heteroatoms. The first-order valence-corrected chi connectivity index (χ1v) is 8.50. The molecule has 2 atom stereocenters. The van der Waals surface area contributed by atoms with Crippen molar-refractivity contribution in [2.45, 2.75) is 44.8 Å². The van der Waals surface area contributed by atoms with Gasteiger partial charge in [0.1, 0.15) is 5.75 Å². The molecule has 5 nitrogen and oxygen atoms in total. The molecular weight excluding hydrogens is 290 g/mol. The largest absolute Gasteiger partial charge is 0.496 e. The van der Waals surface area contributed by atoms with E-state index < -0.39 is 10.0 Å². The summed E-state index contributed by atoms with van der Waals surface area (Å²) in [5.74, 6) is 0.704. The Kier molecular flexibility index (Phi) is 4.60. The van der Waals surface area contributed by atoms with E-state index in [1.807, 2.05) is 20.8 Å². The molecular formula is C15H23NO4S. The Balaban J connectivity index is 2.42. The van der Waals surface area contributed by atoms with Crippen LogP contribution in [-0.2, 0) is 14.8 Å².